The molecule has 1 atom stereocenters. The van der Waals surface area contributed by atoms with Crippen LogP contribution in [0.15, 0.2) is 36.4 Å². The zero-order valence-electron chi connectivity index (χ0n) is 12.5. The van der Waals surface area contributed by atoms with Gasteiger partial charge in [0.25, 0.3) is 5.91 Å². The molecule has 2 N–H and O–H groups in total. The second kappa shape index (κ2) is 6.60. The third-order valence-corrected chi connectivity index (χ3v) is 5.08. The van der Waals surface area contributed by atoms with E-state index >= 15 is 0 Å². The Kier molecular flexibility index (Phi) is 4.54. The molecule has 7 heteroatoms. The summed E-state index contributed by atoms with van der Waals surface area (Å²) < 4.78 is 0.703. The topological polar surface area (TPSA) is 61.4 Å². The van der Waals surface area contributed by atoms with E-state index in [1.54, 1.807) is 29.2 Å². The van der Waals surface area contributed by atoms with Gasteiger partial charge >= 0.3 is 6.03 Å². The predicted octanol–water partition coefficient (Wildman–Crippen LogP) is 3.42. The smallest absolute Gasteiger partial charge is 0.321 e. The van der Waals surface area contributed by atoms with Crippen LogP contribution in [0.5, 0.6) is 0 Å². The molecule has 120 valence electrons. The maximum Gasteiger partial charge on any atom is 0.321 e. The lowest BCUT2D eigenvalue weighted by Crippen LogP contribution is -2.28. The summed E-state index contributed by atoms with van der Waals surface area (Å²) in [4.78, 5) is 26.6. The van der Waals surface area contributed by atoms with Crippen molar-refractivity contribution >= 4 is 40.6 Å². The van der Waals surface area contributed by atoms with E-state index in [2.05, 4.69) is 10.6 Å². The Balaban J connectivity index is 1.67. The van der Waals surface area contributed by atoms with Crippen LogP contribution < -0.4 is 15.5 Å². The van der Waals surface area contributed by atoms with E-state index in [9.17, 15) is 9.59 Å². The van der Waals surface area contributed by atoms with Crippen LogP contribution in [-0.4, -0.2) is 25.0 Å². The van der Waals surface area contributed by atoms with Crippen LogP contribution in [0.4, 0.5) is 10.5 Å². The first kappa shape index (κ1) is 15.8. The maximum atomic E-state index is 12.3. The standard InChI is InChI=1S/C16H16ClN3O2S/c1-10(13-6-7-14(17)23-13)19-15(21)11-2-4-12(5-3-11)20-9-8-18-16(20)22/h2-7,10H,8-9H2,1H3,(H,18,22)(H,19,21). The highest BCUT2D eigenvalue weighted by Crippen LogP contribution is 2.27. The van der Waals surface area contributed by atoms with Gasteiger partial charge in [-0.15, -0.1) is 11.3 Å². The van der Waals surface area contributed by atoms with Gasteiger partial charge in [0.1, 0.15) is 0 Å². The van der Waals surface area contributed by atoms with Gasteiger partial charge in [-0.3, -0.25) is 9.69 Å². The van der Waals surface area contributed by atoms with Crippen LogP contribution >= 0.6 is 22.9 Å². The summed E-state index contributed by atoms with van der Waals surface area (Å²) in [6.07, 6.45) is 0. The summed E-state index contributed by atoms with van der Waals surface area (Å²) in [5, 5.41) is 5.69. The van der Waals surface area contributed by atoms with E-state index < -0.39 is 0 Å². The third-order valence-electron chi connectivity index (χ3n) is 3.67. The van der Waals surface area contributed by atoms with Gasteiger partial charge in [0.2, 0.25) is 0 Å². The molecule has 0 aliphatic carbocycles. The minimum Gasteiger partial charge on any atom is -0.345 e. The molecule has 0 spiro atoms. The number of hydrogen-bond donors (Lipinski definition) is 2. The number of anilines is 1. The van der Waals surface area contributed by atoms with E-state index in [1.807, 2.05) is 19.1 Å². The van der Waals surface area contributed by atoms with Crippen molar-refractivity contribution in [3.8, 4) is 0 Å². The van der Waals surface area contributed by atoms with Crippen molar-refractivity contribution in [3.63, 3.8) is 0 Å². The average Bonchev–Trinajstić information content (AvgIpc) is 3.16. The third kappa shape index (κ3) is 3.48. The van der Waals surface area contributed by atoms with Crippen molar-refractivity contribution in [1.82, 2.24) is 10.6 Å². The van der Waals surface area contributed by atoms with Crippen molar-refractivity contribution in [1.29, 1.82) is 0 Å². The minimum absolute atomic E-state index is 0.106. The summed E-state index contributed by atoms with van der Waals surface area (Å²) in [6, 6.07) is 10.5. The van der Waals surface area contributed by atoms with Crippen LogP contribution in [0.3, 0.4) is 0 Å². The van der Waals surface area contributed by atoms with E-state index in [1.165, 1.54) is 11.3 Å². The largest absolute Gasteiger partial charge is 0.345 e. The Bertz CT molecular complexity index is 729. The molecule has 1 aromatic heterocycles. The first-order chi connectivity index (χ1) is 11.0. The lowest BCUT2D eigenvalue weighted by Gasteiger charge is -2.15. The Labute approximate surface area is 143 Å². The van der Waals surface area contributed by atoms with Crippen molar-refractivity contribution in [2.24, 2.45) is 0 Å². The fourth-order valence-corrected chi connectivity index (χ4v) is 3.49. The second-order valence-corrected chi connectivity index (χ2v) is 7.01. The molecule has 2 heterocycles. The Morgan fingerprint density at radius 1 is 1.30 bits per heavy atom. The first-order valence-corrected chi connectivity index (χ1v) is 8.45. The first-order valence-electron chi connectivity index (χ1n) is 7.26. The van der Waals surface area contributed by atoms with Crippen molar-refractivity contribution < 1.29 is 9.59 Å². The van der Waals surface area contributed by atoms with Gasteiger partial charge in [0, 0.05) is 29.2 Å². The number of benzene rings is 1. The monoisotopic (exact) mass is 349 g/mol. The lowest BCUT2D eigenvalue weighted by atomic mass is 10.1. The molecule has 1 aliphatic heterocycles. The molecule has 1 aliphatic rings. The van der Waals surface area contributed by atoms with Gasteiger partial charge in [0.05, 0.1) is 10.4 Å². The normalized spacial score (nSPS) is 15.4. The number of thiophene rings is 1. The fourth-order valence-electron chi connectivity index (χ4n) is 2.42. The van der Waals surface area contributed by atoms with Crippen molar-refractivity contribution in [2.45, 2.75) is 13.0 Å². The number of urea groups is 1. The summed E-state index contributed by atoms with van der Waals surface area (Å²) in [6.45, 7) is 3.20. The van der Waals surface area contributed by atoms with Crippen molar-refractivity contribution in [2.75, 3.05) is 18.0 Å². The van der Waals surface area contributed by atoms with Crippen LogP contribution in [-0.2, 0) is 0 Å². The molecular formula is C16H16ClN3O2S. The number of amides is 3. The molecule has 0 saturated carbocycles. The average molecular weight is 350 g/mol. The second-order valence-electron chi connectivity index (χ2n) is 5.27. The molecule has 0 bridgehead atoms. The summed E-state index contributed by atoms with van der Waals surface area (Å²) in [7, 11) is 0. The van der Waals surface area contributed by atoms with Crippen LogP contribution in [0, 0.1) is 0 Å². The molecular weight excluding hydrogens is 334 g/mol. The molecule has 3 amide bonds. The van der Waals surface area contributed by atoms with Crippen LogP contribution in [0.1, 0.15) is 28.2 Å². The zero-order chi connectivity index (χ0) is 16.4. The van der Waals surface area contributed by atoms with E-state index in [0.29, 0.717) is 23.0 Å². The highest BCUT2D eigenvalue weighted by Gasteiger charge is 2.21. The molecule has 1 unspecified atom stereocenters. The van der Waals surface area contributed by atoms with Gasteiger partial charge in [0.15, 0.2) is 0 Å². The molecule has 3 rings (SSSR count). The number of nitrogens with zero attached hydrogens (tertiary/aromatic N) is 1. The van der Waals surface area contributed by atoms with E-state index in [0.717, 1.165) is 10.6 Å². The number of carbonyl (C=O) groups is 2. The van der Waals surface area contributed by atoms with Gasteiger partial charge in [-0.25, -0.2) is 4.79 Å². The Morgan fingerprint density at radius 2 is 2.04 bits per heavy atom. The van der Waals surface area contributed by atoms with Crippen molar-refractivity contribution in [3.05, 3.63) is 51.2 Å². The molecule has 23 heavy (non-hydrogen) atoms. The number of nitrogens with one attached hydrogen (secondary N) is 2. The molecule has 0 radical (unpaired) electrons. The zero-order valence-corrected chi connectivity index (χ0v) is 14.1. The summed E-state index contributed by atoms with van der Waals surface area (Å²) >= 11 is 7.37. The Morgan fingerprint density at radius 3 is 2.61 bits per heavy atom. The lowest BCUT2D eigenvalue weighted by molar-refractivity contribution is 0.0940. The SMILES string of the molecule is CC(NC(=O)c1ccc(N2CCNC2=O)cc1)c1ccc(Cl)s1. The summed E-state index contributed by atoms with van der Waals surface area (Å²) in [5.41, 5.74) is 1.34. The molecule has 1 aromatic carbocycles. The number of rotatable bonds is 4. The summed E-state index contributed by atoms with van der Waals surface area (Å²) in [5.74, 6) is -0.153. The van der Waals surface area contributed by atoms with Gasteiger partial charge in [-0.2, -0.15) is 0 Å². The Hall–Kier alpha value is -2.05. The predicted molar refractivity (Wildman–Crippen MR) is 92.4 cm³/mol. The fraction of sp³-hybridized carbons (Fsp3) is 0.250. The van der Waals surface area contributed by atoms with Crippen LogP contribution in [0.2, 0.25) is 4.34 Å². The van der Waals surface area contributed by atoms with Gasteiger partial charge in [-0.1, -0.05) is 11.6 Å². The van der Waals surface area contributed by atoms with Gasteiger partial charge < -0.3 is 10.6 Å². The minimum atomic E-state index is -0.153. The molecule has 1 fully saturated rings. The molecule has 1 saturated heterocycles. The number of carbonyl (C=O) groups excluding carboxylic acids is 2. The van der Waals surface area contributed by atoms with Gasteiger partial charge in [-0.05, 0) is 43.3 Å². The highest BCUT2D eigenvalue weighted by molar-refractivity contribution is 7.16. The van der Waals surface area contributed by atoms with Crippen LogP contribution in [0.25, 0.3) is 0 Å². The number of hydrogen-bond acceptors (Lipinski definition) is 3. The van der Waals surface area contributed by atoms with E-state index in [4.69, 9.17) is 11.6 Å². The molecule has 5 nitrogen and oxygen atoms in total. The maximum absolute atomic E-state index is 12.3. The number of halogens is 1. The highest BCUT2D eigenvalue weighted by atomic mass is 35.5. The molecule has 2 aromatic rings. The van der Waals surface area contributed by atoms with E-state index in [-0.39, 0.29) is 18.0 Å². The quantitative estimate of drug-likeness (QED) is 0.888.